The van der Waals surface area contributed by atoms with Gasteiger partial charge >= 0.3 is 5.97 Å². The van der Waals surface area contributed by atoms with Crippen molar-refractivity contribution in [2.75, 3.05) is 18.0 Å². The molecule has 0 unspecified atom stereocenters. The Morgan fingerprint density at radius 3 is 2.63 bits per heavy atom. The van der Waals surface area contributed by atoms with Crippen molar-refractivity contribution in [3.63, 3.8) is 0 Å². The summed E-state index contributed by atoms with van der Waals surface area (Å²) >= 11 is 0. The van der Waals surface area contributed by atoms with E-state index in [0.717, 1.165) is 0 Å². The summed E-state index contributed by atoms with van der Waals surface area (Å²) in [5, 5.41) is 8.71. The van der Waals surface area contributed by atoms with Crippen LogP contribution in [0.2, 0.25) is 0 Å². The van der Waals surface area contributed by atoms with Crippen molar-refractivity contribution >= 4 is 11.8 Å². The highest BCUT2D eigenvalue weighted by Gasteiger charge is 2.31. The van der Waals surface area contributed by atoms with Gasteiger partial charge in [0.25, 0.3) is 5.56 Å². The SMILES string of the molecule is CC(C)(C)n1ccnc(N2CC(CC(=O)O)C2)c1=O. The largest absolute Gasteiger partial charge is 0.481 e. The van der Waals surface area contributed by atoms with Gasteiger partial charge in [-0.25, -0.2) is 4.98 Å². The van der Waals surface area contributed by atoms with E-state index in [0.29, 0.717) is 18.9 Å². The van der Waals surface area contributed by atoms with Gasteiger partial charge in [-0.2, -0.15) is 0 Å². The van der Waals surface area contributed by atoms with Crippen LogP contribution in [0.15, 0.2) is 17.2 Å². The van der Waals surface area contributed by atoms with Crippen LogP contribution in [-0.2, 0) is 10.3 Å². The first-order valence-corrected chi connectivity index (χ1v) is 6.34. The molecule has 1 saturated heterocycles. The number of nitrogens with zero attached hydrogens (tertiary/aromatic N) is 3. The van der Waals surface area contributed by atoms with Gasteiger partial charge in [-0.15, -0.1) is 0 Å². The van der Waals surface area contributed by atoms with Crippen molar-refractivity contribution in [2.24, 2.45) is 5.92 Å². The molecule has 1 fully saturated rings. The molecule has 0 saturated carbocycles. The molecule has 6 heteroatoms. The van der Waals surface area contributed by atoms with Crippen molar-refractivity contribution in [1.29, 1.82) is 0 Å². The summed E-state index contributed by atoms with van der Waals surface area (Å²) in [5.74, 6) is -0.265. The van der Waals surface area contributed by atoms with Crippen LogP contribution < -0.4 is 10.5 Å². The molecule has 104 valence electrons. The van der Waals surface area contributed by atoms with Gasteiger partial charge in [-0.3, -0.25) is 9.59 Å². The Morgan fingerprint density at radius 2 is 2.11 bits per heavy atom. The molecule has 19 heavy (non-hydrogen) atoms. The number of aliphatic carboxylic acids is 1. The number of hydrogen-bond donors (Lipinski definition) is 1. The molecule has 1 aromatic rings. The van der Waals surface area contributed by atoms with Crippen molar-refractivity contribution < 1.29 is 9.90 Å². The van der Waals surface area contributed by atoms with Gasteiger partial charge in [0.05, 0.1) is 6.42 Å². The zero-order valence-electron chi connectivity index (χ0n) is 11.5. The first-order chi connectivity index (χ1) is 8.79. The fourth-order valence-corrected chi connectivity index (χ4v) is 2.27. The first kappa shape index (κ1) is 13.6. The minimum Gasteiger partial charge on any atom is -0.481 e. The number of carbonyl (C=O) groups is 1. The Bertz CT molecular complexity index is 539. The Hall–Kier alpha value is -1.85. The lowest BCUT2D eigenvalue weighted by molar-refractivity contribution is -0.138. The molecule has 0 radical (unpaired) electrons. The molecule has 1 N–H and O–H groups in total. The topological polar surface area (TPSA) is 75.4 Å². The Balaban J connectivity index is 2.16. The molecule has 1 aromatic heterocycles. The summed E-state index contributed by atoms with van der Waals surface area (Å²) in [6.07, 6.45) is 3.45. The lowest BCUT2D eigenvalue weighted by Crippen LogP contribution is -2.51. The lowest BCUT2D eigenvalue weighted by Gasteiger charge is -2.39. The number of hydrogen-bond acceptors (Lipinski definition) is 4. The van der Waals surface area contributed by atoms with E-state index < -0.39 is 5.97 Å². The van der Waals surface area contributed by atoms with Crippen LogP contribution in [0.5, 0.6) is 0 Å². The van der Waals surface area contributed by atoms with Crippen molar-refractivity contribution in [2.45, 2.75) is 32.7 Å². The highest BCUT2D eigenvalue weighted by Crippen LogP contribution is 2.23. The summed E-state index contributed by atoms with van der Waals surface area (Å²) in [6, 6.07) is 0. The smallest absolute Gasteiger partial charge is 0.303 e. The van der Waals surface area contributed by atoms with Gasteiger partial charge in [0.1, 0.15) is 0 Å². The molecule has 0 bridgehead atoms. The van der Waals surface area contributed by atoms with Crippen LogP contribution in [-0.4, -0.2) is 33.7 Å². The molecule has 1 aliphatic heterocycles. The van der Waals surface area contributed by atoms with Gasteiger partial charge in [0.2, 0.25) is 0 Å². The second kappa shape index (κ2) is 4.68. The lowest BCUT2D eigenvalue weighted by atomic mass is 9.96. The van der Waals surface area contributed by atoms with E-state index in [1.54, 1.807) is 17.0 Å². The molecule has 0 aromatic carbocycles. The molecular formula is C13H19N3O3. The predicted molar refractivity (Wildman–Crippen MR) is 71.4 cm³/mol. The molecule has 0 amide bonds. The van der Waals surface area contributed by atoms with E-state index in [-0.39, 0.29) is 23.4 Å². The first-order valence-electron chi connectivity index (χ1n) is 6.34. The van der Waals surface area contributed by atoms with Gasteiger partial charge in [0, 0.05) is 36.9 Å². The van der Waals surface area contributed by atoms with Crippen LogP contribution in [0, 0.1) is 5.92 Å². The van der Waals surface area contributed by atoms with E-state index in [1.807, 2.05) is 25.7 Å². The van der Waals surface area contributed by atoms with Crippen LogP contribution in [0.1, 0.15) is 27.2 Å². The maximum Gasteiger partial charge on any atom is 0.303 e. The number of carboxylic acid groups (broad SMARTS) is 1. The third-order valence-corrected chi connectivity index (χ3v) is 3.27. The molecule has 2 heterocycles. The monoisotopic (exact) mass is 265 g/mol. The minimum absolute atomic E-state index is 0.113. The average Bonchev–Trinajstić information content (AvgIpc) is 2.22. The highest BCUT2D eigenvalue weighted by atomic mass is 16.4. The molecule has 0 aliphatic carbocycles. The molecule has 0 atom stereocenters. The number of anilines is 1. The fourth-order valence-electron chi connectivity index (χ4n) is 2.27. The minimum atomic E-state index is -0.794. The molecular weight excluding hydrogens is 246 g/mol. The number of carboxylic acids is 1. The van der Waals surface area contributed by atoms with E-state index in [9.17, 15) is 9.59 Å². The average molecular weight is 265 g/mol. The van der Waals surface area contributed by atoms with Gasteiger partial charge in [-0.1, -0.05) is 0 Å². The number of rotatable bonds is 3. The van der Waals surface area contributed by atoms with E-state index in [1.165, 1.54) is 0 Å². The van der Waals surface area contributed by atoms with Gasteiger partial charge < -0.3 is 14.6 Å². The van der Waals surface area contributed by atoms with Crippen LogP contribution in [0.25, 0.3) is 0 Å². The van der Waals surface area contributed by atoms with Gasteiger partial charge in [0.15, 0.2) is 5.82 Å². The fraction of sp³-hybridized carbons (Fsp3) is 0.615. The van der Waals surface area contributed by atoms with E-state index in [4.69, 9.17) is 5.11 Å². The summed E-state index contributed by atoms with van der Waals surface area (Å²) in [4.78, 5) is 28.9. The second-order valence-electron chi connectivity index (χ2n) is 5.97. The maximum atomic E-state index is 12.3. The molecule has 1 aliphatic rings. The summed E-state index contributed by atoms with van der Waals surface area (Å²) in [6.45, 7) is 7.05. The molecule has 0 spiro atoms. The Kier molecular flexibility index (Phi) is 3.34. The summed E-state index contributed by atoms with van der Waals surface area (Å²) < 4.78 is 1.65. The van der Waals surface area contributed by atoms with Crippen LogP contribution in [0.4, 0.5) is 5.82 Å². The normalized spacial score (nSPS) is 16.3. The maximum absolute atomic E-state index is 12.3. The van der Waals surface area contributed by atoms with Crippen molar-refractivity contribution in [3.05, 3.63) is 22.7 Å². The van der Waals surface area contributed by atoms with Crippen LogP contribution in [0.3, 0.4) is 0 Å². The van der Waals surface area contributed by atoms with E-state index >= 15 is 0 Å². The van der Waals surface area contributed by atoms with Crippen molar-refractivity contribution in [1.82, 2.24) is 9.55 Å². The number of aromatic nitrogens is 2. The summed E-state index contributed by atoms with van der Waals surface area (Å²) in [5.41, 5.74) is -0.413. The van der Waals surface area contributed by atoms with Crippen LogP contribution >= 0.6 is 0 Å². The predicted octanol–water partition coefficient (Wildman–Crippen LogP) is 0.909. The van der Waals surface area contributed by atoms with E-state index in [2.05, 4.69) is 4.98 Å². The van der Waals surface area contributed by atoms with Crippen molar-refractivity contribution in [3.8, 4) is 0 Å². The molecule has 2 rings (SSSR count). The zero-order valence-corrected chi connectivity index (χ0v) is 11.5. The highest BCUT2D eigenvalue weighted by molar-refractivity contribution is 5.67. The zero-order chi connectivity index (χ0) is 14.2. The Labute approximate surface area is 111 Å². The standard InChI is InChI=1S/C13H19N3O3/c1-13(2,3)16-5-4-14-11(12(16)19)15-7-9(8-15)6-10(17)18/h4-5,9H,6-8H2,1-3H3,(H,17,18). The van der Waals surface area contributed by atoms with Gasteiger partial charge in [-0.05, 0) is 20.8 Å². The quantitative estimate of drug-likeness (QED) is 0.879. The summed E-state index contributed by atoms with van der Waals surface area (Å²) in [7, 11) is 0. The third kappa shape index (κ3) is 2.77. The molecule has 6 nitrogen and oxygen atoms in total. The third-order valence-electron chi connectivity index (χ3n) is 3.27. The Morgan fingerprint density at radius 1 is 1.47 bits per heavy atom. The second-order valence-corrected chi connectivity index (χ2v) is 5.97.